The Bertz CT molecular complexity index is 1130. The van der Waals surface area contributed by atoms with Crippen molar-refractivity contribution in [2.75, 3.05) is 0 Å². The number of aliphatic hydroxyl groups is 1. The fraction of sp³-hybridized carbons (Fsp3) is 0.346. The third-order valence-electron chi connectivity index (χ3n) is 6.36. The second-order valence-corrected chi connectivity index (χ2v) is 8.74. The average Bonchev–Trinajstić information content (AvgIpc) is 3.12. The van der Waals surface area contributed by atoms with Crippen LogP contribution in [-0.4, -0.2) is 38.3 Å². The van der Waals surface area contributed by atoms with Crippen LogP contribution in [0.1, 0.15) is 52.9 Å². The molecule has 0 spiro atoms. The van der Waals surface area contributed by atoms with Gasteiger partial charge in [0, 0.05) is 18.7 Å². The van der Waals surface area contributed by atoms with Crippen molar-refractivity contribution in [1.29, 1.82) is 0 Å². The molecule has 6 heteroatoms. The summed E-state index contributed by atoms with van der Waals surface area (Å²) >= 11 is 0. The SMILES string of the molecule is Cc1cc(-c2ccc(CN3Cc4cccc(O[C@@H]5CCCC[C@H]5O)c4C3=O)cc2)cnn1. The van der Waals surface area contributed by atoms with Gasteiger partial charge in [0.1, 0.15) is 11.9 Å². The van der Waals surface area contributed by atoms with Crippen LogP contribution in [0.25, 0.3) is 11.1 Å². The van der Waals surface area contributed by atoms with E-state index >= 15 is 0 Å². The second-order valence-electron chi connectivity index (χ2n) is 8.74. The van der Waals surface area contributed by atoms with Crippen LogP contribution in [-0.2, 0) is 13.1 Å². The van der Waals surface area contributed by atoms with Crippen LogP contribution in [0.4, 0.5) is 0 Å². The minimum atomic E-state index is -0.467. The lowest BCUT2D eigenvalue weighted by atomic mass is 9.94. The smallest absolute Gasteiger partial charge is 0.258 e. The molecular formula is C26H27N3O3. The highest BCUT2D eigenvalue weighted by atomic mass is 16.5. The van der Waals surface area contributed by atoms with E-state index in [0.29, 0.717) is 24.4 Å². The van der Waals surface area contributed by atoms with Gasteiger partial charge < -0.3 is 14.7 Å². The first kappa shape index (κ1) is 20.6. The number of aromatic nitrogens is 2. The van der Waals surface area contributed by atoms with Crippen molar-refractivity contribution in [3.05, 3.63) is 77.1 Å². The number of rotatable bonds is 5. The zero-order valence-electron chi connectivity index (χ0n) is 18.2. The van der Waals surface area contributed by atoms with E-state index in [1.54, 1.807) is 6.20 Å². The molecule has 2 aromatic carbocycles. The summed E-state index contributed by atoms with van der Waals surface area (Å²) < 4.78 is 6.15. The highest BCUT2D eigenvalue weighted by Crippen LogP contribution is 2.34. The minimum absolute atomic E-state index is 0.0149. The molecule has 0 unspecified atom stereocenters. The molecule has 32 heavy (non-hydrogen) atoms. The fourth-order valence-electron chi connectivity index (χ4n) is 4.64. The molecule has 1 aliphatic heterocycles. The number of aryl methyl sites for hydroxylation is 1. The maximum atomic E-state index is 13.2. The maximum Gasteiger partial charge on any atom is 0.258 e. The van der Waals surface area contributed by atoms with Gasteiger partial charge in [0.25, 0.3) is 5.91 Å². The van der Waals surface area contributed by atoms with E-state index in [1.807, 2.05) is 36.1 Å². The van der Waals surface area contributed by atoms with E-state index in [1.165, 1.54) is 0 Å². The van der Waals surface area contributed by atoms with Crippen LogP contribution >= 0.6 is 0 Å². The van der Waals surface area contributed by atoms with Gasteiger partial charge in [0.2, 0.25) is 0 Å². The Kier molecular flexibility index (Phi) is 5.62. The van der Waals surface area contributed by atoms with E-state index in [4.69, 9.17) is 4.74 Å². The summed E-state index contributed by atoms with van der Waals surface area (Å²) in [4.78, 5) is 15.1. The number of hydrogen-bond acceptors (Lipinski definition) is 5. The van der Waals surface area contributed by atoms with E-state index in [-0.39, 0.29) is 12.0 Å². The van der Waals surface area contributed by atoms with Crippen LogP contribution < -0.4 is 4.74 Å². The van der Waals surface area contributed by atoms with Gasteiger partial charge in [-0.05, 0) is 55.0 Å². The minimum Gasteiger partial charge on any atom is -0.487 e. The predicted molar refractivity (Wildman–Crippen MR) is 121 cm³/mol. The number of fused-ring (bicyclic) bond motifs is 1. The lowest BCUT2D eigenvalue weighted by Gasteiger charge is -2.28. The van der Waals surface area contributed by atoms with Crippen LogP contribution in [0, 0.1) is 6.92 Å². The Labute approximate surface area is 187 Å². The van der Waals surface area contributed by atoms with Crippen molar-refractivity contribution < 1.29 is 14.6 Å². The van der Waals surface area contributed by atoms with Crippen LogP contribution in [0.5, 0.6) is 5.75 Å². The lowest BCUT2D eigenvalue weighted by molar-refractivity contribution is 0.00636. The van der Waals surface area contributed by atoms with E-state index in [0.717, 1.165) is 53.6 Å². The molecule has 1 fully saturated rings. The first-order valence-corrected chi connectivity index (χ1v) is 11.2. The number of ether oxygens (including phenoxy) is 1. The number of carbonyl (C=O) groups is 1. The number of nitrogens with zero attached hydrogens (tertiary/aromatic N) is 3. The maximum absolute atomic E-state index is 13.2. The van der Waals surface area contributed by atoms with Crippen molar-refractivity contribution in [2.45, 2.75) is 57.9 Å². The standard InChI is InChI=1S/C26H27N3O3/c1-17-13-21(14-27-28-17)19-11-9-18(10-12-19)15-29-16-20-5-4-8-24(25(20)26(29)31)32-23-7-3-2-6-22(23)30/h4-5,8-14,22-23,30H,2-3,6-7,15-16H2,1H3/t22-,23-/m1/s1. The van der Waals surface area contributed by atoms with E-state index < -0.39 is 6.10 Å². The first-order chi connectivity index (χ1) is 15.6. The molecular weight excluding hydrogens is 402 g/mol. The van der Waals surface area contributed by atoms with Gasteiger partial charge >= 0.3 is 0 Å². The zero-order chi connectivity index (χ0) is 22.1. The molecule has 1 aliphatic carbocycles. The highest BCUT2D eigenvalue weighted by molar-refractivity contribution is 6.01. The molecule has 1 amide bonds. The Balaban J connectivity index is 1.31. The summed E-state index contributed by atoms with van der Waals surface area (Å²) in [5, 5.41) is 18.3. The summed E-state index contributed by atoms with van der Waals surface area (Å²) in [6.07, 6.45) is 4.69. The molecule has 5 rings (SSSR count). The van der Waals surface area contributed by atoms with Crippen molar-refractivity contribution >= 4 is 5.91 Å². The summed E-state index contributed by atoms with van der Waals surface area (Å²) in [7, 11) is 0. The third kappa shape index (κ3) is 4.10. The van der Waals surface area contributed by atoms with Crippen LogP contribution in [0.3, 0.4) is 0 Å². The predicted octanol–water partition coefficient (Wildman–Crippen LogP) is 4.29. The third-order valence-corrected chi connectivity index (χ3v) is 6.36. The summed E-state index contributed by atoms with van der Waals surface area (Å²) in [5.41, 5.74) is 5.67. The van der Waals surface area contributed by atoms with Crippen molar-refractivity contribution in [3.8, 4) is 16.9 Å². The number of carbonyl (C=O) groups excluding carboxylic acids is 1. The van der Waals surface area contributed by atoms with Crippen molar-refractivity contribution in [1.82, 2.24) is 15.1 Å². The molecule has 6 nitrogen and oxygen atoms in total. The molecule has 0 saturated heterocycles. The van der Waals surface area contributed by atoms with Gasteiger partial charge in [-0.2, -0.15) is 10.2 Å². The molecule has 3 aromatic rings. The number of benzene rings is 2. The van der Waals surface area contributed by atoms with Crippen LogP contribution in [0.2, 0.25) is 0 Å². The number of hydrogen-bond donors (Lipinski definition) is 1. The first-order valence-electron chi connectivity index (χ1n) is 11.2. The Morgan fingerprint density at radius 3 is 2.69 bits per heavy atom. The van der Waals surface area contributed by atoms with Gasteiger partial charge in [-0.25, -0.2) is 0 Å². The van der Waals surface area contributed by atoms with Gasteiger partial charge in [0.05, 0.1) is 23.6 Å². The van der Waals surface area contributed by atoms with E-state index in [2.05, 4.69) is 34.5 Å². The molecule has 2 heterocycles. The van der Waals surface area contributed by atoms with Crippen molar-refractivity contribution in [2.24, 2.45) is 0 Å². The Hall–Kier alpha value is -3.25. The lowest BCUT2D eigenvalue weighted by Crippen LogP contribution is -2.35. The Morgan fingerprint density at radius 2 is 1.91 bits per heavy atom. The normalized spacial score (nSPS) is 20.3. The number of aliphatic hydroxyl groups excluding tert-OH is 1. The molecule has 0 radical (unpaired) electrons. The quantitative estimate of drug-likeness (QED) is 0.655. The molecule has 0 bridgehead atoms. The van der Waals surface area contributed by atoms with Gasteiger partial charge in [0.15, 0.2) is 0 Å². The molecule has 1 saturated carbocycles. The molecule has 1 N–H and O–H groups in total. The summed E-state index contributed by atoms with van der Waals surface area (Å²) in [5.74, 6) is 0.579. The monoisotopic (exact) mass is 429 g/mol. The Morgan fingerprint density at radius 1 is 1.09 bits per heavy atom. The number of amides is 1. The van der Waals surface area contributed by atoms with Gasteiger partial charge in [-0.1, -0.05) is 42.8 Å². The second kappa shape index (κ2) is 8.71. The molecule has 1 aromatic heterocycles. The zero-order valence-corrected chi connectivity index (χ0v) is 18.2. The van der Waals surface area contributed by atoms with Crippen molar-refractivity contribution in [3.63, 3.8) is 0 Å². The van der Waals surface area contributed by atoms with Crippen LogP contribution in [0.15, 0.2) is 54.7 Å². The van der Waals surface area contributed by atoms with Gasteiger partial charge in [-0.3, -0.25) is 4.79 Å². The fourth-order valence-corrected chi connectivity index (χ4v) is 4.64. The highest BCUT2D eigenvalue weighted by Gasteiger charge is 2.33. The largest absolute Gasteiger partial charge is 0.487 e. The van der Waals surface area contributed by atoms with Gasteiger partial charge in [-0.15, -0.1) is 0 Å². The molecule has 2 atom stereocenters. The average molecular weight is 430 g/mol. The van der Waals surface area contributed by atoms with E-state index in [9.17, 15) is 9.90 Å². The topological polar surface area (TPSA) is 75.6 Å². The molecule has 2 aliphatic rings. The summed E-state index contributed by atoms with van der Waals surface area (Å²) in [6.45, 7) is 3.02. The molecule has 164 valence electrons. The summed E-state index contributed by atoms with van der Waals surface area (Å²) in [6, 6.07) is 16.0.